The number of nitrogens with zero attached hydrogens (tertiary/aromatic N) is 2. The van der Waals surface area contributed by atoms with Crippen LogP contribution in [0.3, 0.4) is 0 Å². The number of aryl methyl sites for hydroxylation is 2. The molecule has 1 fully saturated rings. The zero-order valence-electron chi connectivity index (χ0n) is 13.3. The minimum atomic E-state index is -0.695. The van der Waals surface area contributed by atoms with Gasteiger partial charge < -0.3 is 0 Å². The minimum absolute atomic E-state index is 0.0954. The lowest BCUT2D eigenvalue weighted by Crippen LogP contribution is -2.44. The highest BCUT2D eigenvalue weighted by Crippen LogP contribution is 2.25. The molecule has 2 heterocycles. The van der Waals surface area contributed by atoms with Crippen LogP contribution in [0.4, 0.5) is 0 Å². The summed E-state index contributed by atoms with van der Waals surface area (Å²) in [6.45, 7) is 0.0954. The van der Waals surface area contributed by atoms with E-state index in [0.717, 1.165) is 11.1 Å². The number of nitrogens with one attached hydrogen (secondary N) is 1. The lowest BCUT2D eigenvalue weighted by molar-refractivity contribution is -0.303. The molecule has 8 heteroatoms. The number of para-hydroxylation sites is 1. The summed E-state index contributed by atoms with van der Waals surface area (Å²) in [7, 11) is 1.65. The molecule has 8 nitrogen and oxygen atoms in total. The molecule has 0 bridgehead atoms. The van der Waals surface area contributed by atoms with Gasteiger partial charge in [-0.3, -0.25) is 24.0 Å². The van der Waals surface area contributed by atoms with Crippen LogP contribution in [0.5, 0.6) is 0 Å². The fourth-order valence-electron chi connectivity index (χ4n) is 3.27. The molecule has 2 amide bonds. The third-order valence-corrected chi connectivity index (χ3v) is 4.38. The standard InChI is InChI=1S/C16H18N3O5/c1-18-14-10(5-3-9-24-23)4-2-6-11(14)19(16(18)22)12-7-8-13(20)17-15(12)21/h2,4,6,12H,3,5,7-9H2,1H3,(H,17,20,21). The minimum Gasteiger partial charge on any atom is -0.295 e. The average Bonchev–Trinajstić information content (AvgIpc) is 2.81. The average molecular weight is 332 g/mol. The Kier molecular flexibility index (Phi) is 4.50. The summed E-state index contributed by atoms with van der Waals surface area (Å²) in [4.78, 5) is 40.0. The molecule has 1 aliphatic rings. The first-order chi connectivity index (χ1) is 11.5. The summed E-state index contributed by atoms with van der Waals surface area (Å²) in [5.41, 5.74) is 2.00. The van der Waals surface area contributed by atoms with E-state index in [9.17, 15) is 19.6 Å². The van der Waals surface area contributed by atoms with E-state index in [-0.39, 0.29) is 24.6 Å². The van der Waals surface area contributed by atoms with Crippen molar-refractivity contribution in [1.29, 1.82) is 0 Å². The topological polar surface area (TPSA) is 102 Å². The molecule has 1 saturated heterocycles. The smallest absolute Gasteiger partial charge is 0.295 e. The van der Waals surface area contributed by atoms with Gasteiger partial charge in [0.2, 0.25) is 11.8 Å². The molecule has 127 valence electrons. The van der Waals surface area contributed by atoms with Crippen LogP contribution in [0.15, 0.2) is 23.0 Å². The molecule has 2 aromatic rings. The number of aromatic nitrogens is 2. The van der Waals surface area contributed by atoms with E-state index in [1.165, 1.54) is 9.13 Å². The van der Waals surface area contributed by atoms with Gasteiger partial charge in [0.15, 0.2) is 0 Å². The van der Waals surface area contributed by atoms with Gasteiger partial charge in [-0.25, -0.2) is 9.68 Å². The lowest BCUT2D eigenvalue weighted by atomic mass is 10.0. The Balaban J connectivity index is 2.08. The van der Waals surface area contributed by atoms with E-state index >= 15 is 0 Å². The first-order valence-corrected chi connectivity index (χ1v) is 7.82. The highest BCUT2D eigenvalue weighted by molar-refractivity contribution is 6.00. The maximum atomic E-state index is 12.7. The number of imide groups is 1. The van der Waals surface area contributed by atoms with E-state index in [1.807, 2.05) is 12.1 Å². The maximum absolute atomic E-state index is 12.7. The summed E-state index contributed by atoms with van der Waals surface area (Å²) >= 11 is 0. The normalized spacial score (nSPS) is 18.2. The van der Waals surface area contributed by atoms with Crippen molar-refractivity contribution in [2.45, 2.75) is 31.7 Å². The number of piperidine rings is 1. The fraction of sp³-hybridized carbons (Fsp3) is 0.438. The van der Waals surface area contributed by atoms with Gasteiger partial charge in [-0.15, -0.1) is 0 Å². The SMILES string of the molecule is Cn1c(=O)n(C2CCC(=O)NC2=O)c2cccc(CCCO[O])c21. The second-order valence-corrected chi connectivity index (χ2v) is 5.89. The van der Waals surface area contributed by atoms with Gasteiger partial charge in [0.05, 0.1) is 17.6 Å². The highest BCUT2D eigenvalue weighted by atomic mass is 17.1. The number of fused-ring (bicyclic) bond motifs is 1. The van der Waals surface area contributed by atoms with Crippen molar-refractivity contribution in [1.82, 2.24) is 14.5 Å². The predicted octanol–water partition coefficient (Wildman–Crippen LogP) is 0.612. The first-order valence-electron chi connectivity index (χ1n) is 7.82. The molecule has 0 saturated carbocycles. The van der Waals surface area contributed by atoms with Crippen molar-refractivity contribution < 1.29 is 19.7 Å². The molecule has 24 heavy (non-hydrogen) atoms. The second kappa shape index (κ2) is 6.58. The van der Waals surface area contributed by atoms with Crippen molar-refractivity contribution in [3.63, 3.8) is 0 Å². The lowest BCUT2D eigenvalue weighted by Gasteiger charge is -2.21. The summed E-state index contributed by atoms with van der Waals surface area (Å²) in [6, 6.07) is 4.80. The van der Waals surface area contributed by atoms with Crippen molar-refractivity contribution in [2.75, 3.05) is 6.61 Å². The van der Waals surface area contributed by atoms with Gasteiger partial charge >= 0.3 is 5.69 Å². The Morgan fingerprint density at radius 1 is 1.29 bits per heavy atom. The molecule has 0 spiro atoms. The number of carbonyl (C=O) groups is 2. The zero-order chi connectivity index (χ0) is 17.3. The van der Waals surface area contributed by atoms with Crippen LogP contribution in [0.2, 0.25) is 0 Å². The molecular formula is C16H18N3O5. The van der Waals surface area contributed by atoms with Gasteiger partial charge in [0, 0.05) is 13.5 Å². The molecule has 1 N–H and O–H groups in total. The van der Waals surface area contributed by atoms with Crippen molar-refractivity contribution in [2.24, 2.45) is 7.05 Å². The number of hydrogen-bond acceptors (Lipinski definition) is 4. The van der Waals surface area contributed by atoms with E-state index in [1.54, 1.807) is 13.1 Å². The van der Waals surface area contributed by atoms with Crippen LogP contribution >= 0.6 is 0 Å². The van der Waals surface area contributed by atoms with Gasteiger partial charge in [-0.2, -0.15) is 0 Å². The van der Waals surface area contributed by atoms with Crippen molar-refractivity contribution >= 4 is 22.8 Å². The van der Waals surface area contributed by atoms with Gasteiger partial charge in [0.25, 0.3) is 0 Å². The van der Waals surface area contributed by atoms with Gasteiger partial charge in [0.1, 0.15) is 6.04 Å². The summed E-state index contributed by atoms with van der Waals surface area (Å²) in [5.74, 6) is -0.770. The third-order valence-electron chi connectivity index (χ3n) is 4.38. The molecule has 1 aromatic heterocycles. The molecular weight excluding hydrogens is 314 g/mol. The number of hydrogen-bond donors (Lipinski definition) is 1. The fourth-order valence-corrected chi connectivity index (χ4v) is 3.27. The largest absolute Gasteiger partial charge is 0.329 e. The first kappa shape index (κ1) is 16.4. The van der Waals surface area contributed by atoms with E-state index in [0.29, 0.717) is 24.8 Å². The Hall–Kier alpha value is -2.45. The molecule has 0 aliphatic carbocycles. The summed E-state index contributed by atoms with van der Waals surface area (Å²) < 4.78 is 2.96. The highest BCUT2D eigenvalue weighted by Gasteiger charge is 2.31. The van der Waals surface area contributed by atoms with Crippen LogP contribution in [-0.4, -0.2) is 27.6 Å². The number of rotatable bonds is 5. The van der Waals surface area contributed by atoms with E-state index < -0.39 is 11.9 Å². The summed E-state index contributed by atoms with van der Waals surface area (Å²) in [6.07, 6.45) is 1.64. The van der Waals surface area contributed by atoms with Crippen molar-refractivity contribution in [3.05, 3.63) is 34.2 Å². The Morgan fingerprint density at radius 3 is 2.79 bits per heavy atom. The Bertz CT molecular complexity index is 851. The quantitative estimate of drug-likeness (QED) is 0.375. The molecule has 1 radical (unpaired) electrons. The predicted molar refractivity (Wildman–Crippen MR) is 83.6 cm³/mol. The molecule has 1 aliphatic heterocycles. The molecule has 1 aromatic carbocycles. The van der Waals surface area contributed by atoms with Crippen molar-refractivity contribution in [3.8, 4) is 0 Å². The zero-order valence-corrected chi connectivity index (χ0v) is 13.3. The Labute approximate surface area is 137 Å². The number of carbonyl (C=O) groups excluding carboxylic acids is 2. The van der Waals surface area contributed by atoms with Crippen LogP contribution < -0.4 is 11.0 Å². The van der Waals surface area contributed by atoms with Crippen LogP contribution in [0, 0.1) is 0 Å². The van der Waals surface area contributed by atoms with Gasteiger partial charge in [-0.1, -0.05) is 12.1 Å². The molecule has 1 unspecified atom stereocenters. The number of imidazole rings is 1. The third kappa shape index (κ3) is 2.74. The van der Waals surface area contributed by atoms with Crippen LogP contribution in [0.25, 0.3) is 11.0 Å². The second-order valence-electron chi connectivity index (χ2n) is 5.89. The van der Waals surface area contributed by atoms with Gasteiger partial charge in [-0.05, 0) is 36.1 Å². The number of benzene rings is 1. The van der Waals surface area contributed by atoms with Crippen LogP contribution in [0.1, 0.15) is 30.9 Å². The molecule has 3 rings (SSSR count). The van der Waals surface area contributed by atoms with Crippen LogP contribution in [-0.2, 0) is 33.2 Å². The van der Waals surface area contributed by atoms with E-state index in [2.05, 4.69) is 10.2 Å². The number of amides is 2. The molecule has 1 atom stereocenters. The Morgan fingerprint density at radius 2 is 2.08 bits per heavy atom. The van der Waals surface area contributed by atoms with E-state index in [4.69, 9.17) is 0 Å². The maximum Gasteiger partial charge on any atom is 0.329 e. The summed E-state index contributed by atoms with van der Waals surface area (Å²) in [5, 5.41) is 12.4. The monoisotopic (exact) mass is 332 g/mol.